The molecule has 0 N–H and O–H groups in total. The third kappa shape index (κ3) is 0.732. The fourth-order valence-electron chi connectivity index (χ4n) is 2.67. The predicted molar refractivity (Wildman–Crippen MR) is 50.7 cm³/mol. The van der Waals surface area contributed by atoms with Crippen LogP contribution < -0.4 is 0 Å². The van der Waals surface area contributed by atoms with Crippen molar-refractivity contribution in [3.8, 4) is 0 Å². The highest BCUT2D eigenvalue weighted by Gasteiger charge is 2.58. The van der Waals surface area contributed by atoms with E-state index in [-0.39, 0.29) is 0 Å². The summed E-state index contributed by atoms with van der Waals surface area (Å²) in [4.78, 5) is 2.57. The molecule has 0 spiro atoms. The standard InChI is InChI=1S/C10H19N2/c1-7-8(2)12-9(11(7)5)6-10(12,3)4/h7-8H,6H2,1-5H3/q+1. The fourth-order valence-corrected chi connectivity index (χ4v) is 2.67. The molecule has 2 aliphatic rings. The summed E-state index contributed by atoms with van der Waals surface area (Å²) in [5.74, 6) is 1.54. The van der Waals surface area contributed by atoms with Crippen LogP contribution in [0.4, 0.5) is 0 Å². The molecule has 0 aliphatic carbocycles. The normalized spacial score (nSPS) is 38.2. The second-order valence-electron chi connectivity index (χ2n) is 4.87. The molecule has 0 aromatic carbocycles. The summed E-state index contributed by atoms with van der Waals surface area (Å²) < 4.78 is 2.43. The lowest BCUT2D eigenvalue weighted by molar-refractivity contribution is -0.528. The fraction of sp³-hybridized carbons (Fsp3) is 0.900. The van der Waals surface area contributed by atoms with E-state index >= 15 is 0 Å². The molecule has 0 bridgehead atoms. The smallest absolute Gasteiger partial charge is 0.252 e. The highest BCUT2D eigenvalue weighted by molar-refractivity contribution is 5.87. The van der Waals surface area contributed by atoms with Crippen LogP contribution in [-0.4, -0.2) is 40.0 Å². The van der Waals surface area contributed by atoms with Crippen molar-refractivity contribution in [2.24, 2.45) is 0 Å². The first kappa shape index (κ1) is 8.09. The second kappa shape index (κ2) is 2.04. The average Bonchev–Trinajstić information content (AvgIpc) is 2.12. The van der Waals surface area contributed by atoms with E-state index in [2.05, 4.69) is 44.2 Å². The molecule has 0 radical (unpaired) electrons. The highest BCUT2D eigenvalue weighted by atomic mass is 15.4. The van der Waals surface area contributed by atoms with Crippen molar-refractivity contribution < 1.29 is 4.58 Å². The van der Waals surface area contributed by atoms with Gasteiger partial charge in [-0.25, -0.2) is 0 Å². The molecule has 0 aromatic rings. The maximum atomic E-state index is 2.57. The van der Waals surface area contributed by atoms with Crippen molar-refractivity contribution in [3.63, 3.8) is 0 Å². The molecule has 0 aromatic heterocycles. The second-order valence-corrected chi connectivity index (χ2v) is 4.87. The first-order chi connectivity index (χ1) is 5.45. The van der Waals surface area contributed by atoms with Gasteiger partial charge in [-0.15, -0.1) is 0 Å². The number of fused-ring (bicyclic) bond motifs is 1. The average molecular weight is 167 g/mol. The number of likely N-dealkylation sites (N-methyl/N-ethyl adjacent to an activating group) is 1. The summed E-state index contributed by atoms with van der Waals surface area (Å²) in [5, 5.41) is 0. The van der Waals surface area contributed by atoms with Gasteiger partial charge in [0.15, 0.2) is 0 Å². The van der Waals surface area contributed by atoms with E-state index in [0.717, 1.165) is 0 Å². The summed E-state index contributed by atoms with van der Waals surface area (Å²) in [7, 11) is 2.21. The Balaban J connectivity index is 2.33. The van der Waals surface area contributed by atoms with Gasteiger partial charge in [-0.05, 0) is 27.7 Å². The SMILES string of the molecule is CC1C(C)[N+](C)=C2CC(C)(C)N21. The maximum Gasteiger partial charge on any atom is 0.252 e. The molecule has 2 rings (SSSR count). The van der Waals surface area contributed by atoms with Gasteiger partial charge in [0.05, 0.1) is 13.5 Å². The molecule has 2 nitrogen and oxygen atoms in total. The summed E-state index contributed by atoms with van der Waals surface area (Å²) in [5.41, 5.74) is 0.410. The first-order valence-corrected chi connectivity index (χ1v) is 4.83. The quantitative estimate of drug-likeness (QED) is 0.493. The summed E-state index contributed by atoms with van der Waals surface area (Å²) in [6.45, 7) is 9.30. The van der Waals surface area contributed by atoms with Crippen molar-refractivity contribution in [2.75, 3.05) is 7.05 Å². The van der Waals surface area contributed by atoms with Gasteiger partial charge in [-0.3, -0.25) is 9.48 Å². The van der Waals surface area contributed by atoms with Crippen molar-refractivity contribution in [3.05, 3.63) is 0 Å². The third-order valence-electron chi connectivity index (χ3n) is 3.64. The minimum Gasteiger partial charge on any atom is -0.262 e. The van der Waals surface area contributed by atoms with Gasteiger partial charge in [-0.2, -0.15) is 0 Å². The van der Waals surface area contributed by atoms with E-state index in [9.17, 15) is 0 Å². The van der Waals surface area contributed by atoms with E-state index in [4.69, 9.17) is 0 Å². The topological polar surface area (TPSA) is 6.25 Å². The Morgan fingerprint density at radius 2 is 2.00 bits per heavy atom. The minimum absolute atomic E-state index is 0.410. The Labute approximate surface area is 74.9 Å². The Bertz CT molecular complexity index is 253. The van der Waals surface area contributed by atoms with Crippen molar-refractivity contribution in [1.29, 1.82) is 0 Å². The van der Waals surface area contributed by atoms with Gasteiger partial charge < -0.3 is 0 Å². The number of nitrogens with zero attached hydrogens (tertiary/aromatic N) is 2. The summed E-state index contributed by atoms with van der Waals surface area (Å²) in [6, 6.07) is 1.37. The zero-order valence-electron chi connectivity index (χ0n) is 8.76. The molecule has 0 amide bonds. The van der Waals surface area contributed by atoms with Crippen LogP contribution in [0.15, 0.2) is 0 Å². The molecular weight excluding hydrogens is 148 g/mol. The molecular formula is C10H19N2+. The first-order valence-electron chi connectivity index (χ1n) is 4.83. The van der Waals surface area contributed by atoms with Crippen molar-refractivity contribution in [1.82, 2.24) is 4.90 Å². The molecule has 1 saturated heterocycles. The van der Waals surface area contributed by atoms with Crippen LogP contribution in [0.2, 0.25) is 0 Å². The molecule has 1 fully saturated rings. The molecule has 2 aliphatic heterocycles. The molecule has 2 heterocycles. The number of hydrogen-bond acceptors (Lipinski definition) is 1. The number of rotatable bonds is 0. The van der Waals surface area contributed by atoms with Gasteiger partial charge in [-0.1, -0.05) is 0 Å². The molecule has 2 heteroatoms. The zero-order valence-corrected chi connectivity index (χ0v) is 8.76. The lowest BCUT2D eigenvalue weighted by Crippen LogP contribution is -2.61. The Morgan fingerprint density at radius 1 is 1.42 bits per heavy atom. The molecule has 68 valence electrons. The Kier molecular flexibility index (Phi) is 1.37. The van der Waals surface area contributed by atoms with Crippen LogP contribution in [0, 0.1) is 0 Å². The van der Waals surface area contributed by atoms with Crippen molar-refractivity contribution in [2.45, 2.75) is 51.7 Å². The van der Waals surface area contributed by atoms with Crippen LogP contribution in [0.3, 0.4) is 0 Å². The van der Waals surface area contributed by atoms with E-state index in [1.807, 2.05) is 0 Å². The molecule has 0 saturated carbocycles. The van der Waals surface area contributed by atoms with Crippen LogP contribution in [0.25, 0.3) is 0 Å². The Morgan fingerprint density at radius 3 is 2.33 bits per heavy atom. The van der Waals surface area contributed by atoms with E-state index in [0.29, 0.717) is 17.6 Å². The van der Waals surface area contributed by atoms with E-state index in [1.165, 1.54) is 6.42 Å². The molecule has 2 unspecified atom stereocenters. The maximum absolute atomic E-state index is 2.57. The lowest BCUT2D eigenvalue weighted by atomic mass is 9.86. The van der Waals surface area contributed by atoms with Gasteiger partial charge in [0.2, 0.25) is 0 Å². The predicted octanol–water partition coefficient (Wildman–Crippen LogP) is 1.30. The molecule has 2 atom stereocenters. The van der Waals surface area contributed by atoms with Crippen molar-refractivity contribution >= 4 is 5.84 Å². The van der Waals surface area contributed by atoms with Gasteiger partial charge in [0.25, 0.3) is 5.84 Å². The Hall–Kier alpha value is -0.530. The van der Waals surface area contributed by atoms with Gasteiger partial charge in [0, 0.05) is 0 Å². The van der Waals surface area contributed by atoms with Crippen LogP contribution in [-0.2, 0) is 0 Å². The van der Waals surface area contributed by atoms with Gasteiger partial charge >= 0.3 is 0 Å². The summed E-state index contributed by atoms with van der Waals surface area (Å²) in [6.07, 6.45) is 1.25. The minimum atomic E-state index is 0.410. The number of amidine groups is 1. The lowest BCUT2D eigenvalue weighted by Gasteiger charge is -2.42. The van der Waals surface area contributed by atoms with Crippen LogP contribution >= 0.6 is 0 Å². The van der Waals surface area contributed by atoms with E-state index in [1.54, 1.807) is 5.84 Å². The molecule has 12 heavy (non-hydrogen) atoms. The summed E-state index contributed by atoms with van der Waals surface area (Å²) >= 11 is 0. The van der Waals surface area contributed by atoms with Gasteiger partial charge in [0.1, 0.15) is 17.6 Å². The number of hydrogen-bond donors (Lipinski definition) is 0. The highest BCUT2D eigenvalue weighted by Crippen LogP contribution is 2.38. The van der Waals surface area contributed by atoms with Crippen LogP contribution in [0.1, 0.15) is 34.1 Å². The third-order valence-corrected chi connectivity index (χ3v) is 3.64. The monoisotopic (exact) mass is 167 g/mol. The van der Waals surface area contributed by atoms with E-state index < -0.39 is 0 Å². The van der Waals surface area contributed by atoms with Crippen LogP contribution in [0.5, 0.6) is 0 Å². The largest absolute Gasteiger partial charge is 0.262 e. The zero-order chi connectivity index (χ0) is 9.09.